The van der Waals surface area contributed by atoms with Gasteiger partial charge in [-0.15, -0.1) is 0 Å². The van der Waals surface area contributed by atoms with Gasteiger partial charge in [0.2, 0.25) is 23.6 Å². The van der Waals surface area contributed by atoms with E-state index in [9.17, 15) is 38.4 Å². The SMILES string of the molecule is C[C@@H](C(=O)N[C@H](C(=O)N1CCC[C@H]1CN(CCc1ccccc1)C(=O)Nc1ccc(NC(=O)N(CCc2ccccc2)C[C@@H]2CCCN2C(=O)[C@@H](NC(=O)[C@H](C)N(C)C(=O)OC(C)(C)C)C(C)(C)C)cc1)C(C)(C)C)N(C)C(=O)OC(C)(C)C. The van der Waals surface area contributed by atoms with E-state index in [2.05, 4.69) is 21.3 Å². The lowest BCUT2D eigenvalue weighted by Gasteiger charge is -2.38. The molecule has 0 saturated carbocycles. The molecule has 5 rings (SSSR count). The van der Waals surface area contributed by atoms with E-state index in [-0.39, 0.29) is 49.0 Å². The third-order valence-electron chi connectivity index (χ3n) is 15.3. The first-order valence-corrected chi connectivity index (χ1v) is 29.6. The summed E-state index contributed by atoms with van der Waals surface area (Å²) in [5, 5.41) is 12.0. The van der Waals surface area contributed by atoms with Crippen LogP contribution in [0, 0.1) is 10.8 Å². The second kappa shape index (κ2) is 28.9. The maximum atomic E-state index is 14.6. The quantitative estimate of drug-likeness (QED) is 0.0839. The van der Waals surface area contributed by atoms with Crippen molar-refractivity contribution in [1.29, 1.82) is 0 Å². The van der Waals surface area contributed by atoms with Crippen LogP contribution in [0.3, 0.4) is 0 Å². The average molecular weight is 1170 g/mol. The van der Waals surface area contributed by atoms with Gasteiger partial charge < -0.3 is 50.3 Å². The number of hydrogen-bond donors (Lipinski definition) is 4. The predicted octanol–water partition coefficient (Wildman–Crippen LogP) is 9.39. The van der Waals surface area contributed by atoms with Crippen molar-refractivity contribution in [3.63, 3.8) is 0 Å². The van der Waals surface area contributed by atoms with Crippen LogP contribution in [0.4, 0.5) is 30.6 Å². The van der Waals surface area contributed by atoms with Gasteiger partial charge in [-0.05, 0) is 140 Å². The largest absolute Gasteiger partial charge is 0.444 e. The van der Waals surface area contributed by atoms with E-state index in [0.29, 0.717) is 76.1 Å². The summed E-state index contributed by atoms with van der Waals surface area (Å²) < 4.78 is 11.0. The van der Waals surface area contributed by atoms with Gasteiger partial charge in [0, 0.05) is 76.8 Å². The molecule has 10 amide bonds. The minimum Gasteiger partial charge on any atom is -0.444 e. The summed E-state index contributed by atoms with van der Waals surface area (Å²) in [5.74, 6) is -1.54. The van der Waals surface area contributed by atoms with Crippen molar-refractivity contribution in [2.24, 2.45) is 10.8 Å². The fraction of sp³-hybridized carbons (Fsp3) is 0.594. The van der Waals surface area contributed by atoms with Crippen molar-refractivity contribution >= 4 is 59.3 Å². The summed E-state index contributed by atoms with van der Waals surface area (Å²) in [7, 11) is 2.97. The number of likely N-dealkylation sites (tertiary alicyclic amines) is 2. The van der Waals surface area contributed by atoms with Crippen LogP contribution in [-0.2, 0) is 41.5 Å². The first kappa shape index (κ1) is 67.4. The van der Waals surface area contributed by atoms with Crippen LogP contribution in [0.5, 0.6) is 0 Å². The lowest BCUT2D eigenvalue weighted by atomic mass is 9.85. The highest BCUT2D eigenvalue weighted by Crippen LogP contribution is 2.30. The molecule has 20 heteroatoms. The lowest BCUT2D eigenvalue weighted by molar-refractivity contribution is -0.141. The first-order valence-electron chi connectivity index (χ1n) is 29.6. The summed E-state index contributed by atoms with van der Waals surface area (Å²) in [4.78, 5) is 121. The molecule has 2 heterocycles. The van der Waals surface area contributed by atoms with Crippen molar-refractivity contribution in [2.75, 3.05) is 64.0 Å². The minimum atomic E-state index is -0.937. The number of rotatable bonds is 20. The second-order valence-corrected chi connectivity index (χ2v) is 26.6. The molecule has 3 aromatic carbocycles. The maximum Gasteiger partial charge on any atom is 0.410 e. The summed E-state index contributed by atoms with van der Waals surface area (Å²) >= 11 is 0. The number of carbonyl (C=O) groups excluding carboxylic acids is 8. The zero-order valence-electron chi connectivity index (χ0n) is 52.8. The van der Waals surface area contributed by atoms with Gasteiger partial charge in [0.05, 0.1) is 0 Å². The highest BCUT2D eigenvalue weighted by Gasteiger charge is 2.44. The number of benzene rings is 3. The Hall–Kier alpha value is -7.38. The summed E-state index contributed by atoms with van der Waals surface area (Å²) in [5.41, 5.74) is 0.0966. The van der Waals surface area contributed by atoms with Gasteiger partial charge in [0.1, 0.15) is 35.4 Å². The standard InChI is InChI=1S/C64H96N10O10/c1-43(69(15)59(81)83-63(9,10)11)53(75)67-51(61(3,4)5)55(77)73-37-23-29-49(73)41-71(39-35-45-25-19-17-20-26-45)57(79)65-47-31-33-48(34-32-47)66-58(80)72(40-36-46-27-21-18-22-28-46)42-50-30-24-38-74(50)56(78)52(62(6,7)8)68-54(76)44(2)70(16)60(82)84-64(12,13)14/h17-22,25-28,31-34,43-44,49-52H,23-24,29-30,35-42H2,1-16H3,(H,65,79)(H,66,80)(H,67,75)(H,68,76)/t43-,44-,49-,50-,51+,52+/m0/s1. The van der Waals surface area contributed by atoms with Crippen molar-refractivity contribution in [3.8, 4) is 0 Å². The van der Waals surface area contributed by atoms with Crippen LogP contribution in [0.2, 0.25) is 0 Å². The molecule has 0 bridgehead atoms. The average Bonchev–Trinajstić information content (AvgIpc) is 2.93. The zero-order valence-corrected chi connectivity index (χ0v) is 52.8. The summed E-state index contributed by atoms with van der Waals surface area (Å²) in [6, 6.07) is 21.3. The minimum absolute atomic E-state index is 0.224. The van der Waals surface area contributed by atoms with Crippen LogP contribution in [0.25, 0.3) is 0 Å². The van der Waals surface area contributed by atoms with Crippen molar-refractivity contribution in [3.05, 3.63) is 96.1 Å². The number of ether oxygens (including phenoxy) is 2. The highest BCUT2D eigenvalue weighted by atomic mass is 16.6. The molecule has 2 aliphatic rings. The molecule has 462 valence electrons. The van der Waals surface area contributed by atoms with Gasteiger partial charge in [0.15, 0.2) is 0 Å². The monoisotopic (exact) mass is 1160 g/mol. The molecule has 3 aromatic rings. The van der Waals surface area contributed by atoms with Crippen LogP contribution < -0.4 is 21.3 Å². The van der Waals surface area contributed by atoms with Gasteiger partial charge in [-0.1, -0.05) is 102 Å². The molecule has 2 fully saturated rings. The van der Waals surface area contributed by atoms with Gasteiger partial charge in [-0.25, -0.2) is 19.2 Å². The molecule has 2 aliphatic heterocycles. The fourth-order valence-corrected chi connectivity index (χ4v) is 10.0. The van der Waals surface area contributed by atoms with Gasteiger partial charge in [-0.2, -0.15) is 0 Å². The number of nitrogens with zero attached hydrogens (tertiary/aromatic N) is 6. The Morgan fingerprint density at radius 1 is 0.512 bits per heavy atom. The number of amides is 10. The highest BCUT2D eigenvalue weighted by molar-refractivity contribution is 5.94. The van der Waals surface area contributed by atoms with Gasteiger partial charge in [0.25, 0.3) is 0 Å². The molecule has 84 heavy (non-hydrogen) atoms. The van der Waals surface area contributed by atoms with Crippen molar-refractivity contribution in [1.82, 2.24) is 40.0 Å². The van der Waals surface area contributed by atoms with Crippen molar-refractivity contribution in [2.45, 2.75) is 183 Å². The molecule has 2 saturated heterocycles. The topological polar surface area (TPSA) is 223 Å². The van der Waals surface area contributed by atoms with Crippen LogP contribution >= 0.6 is 0 Å². The van der Waals surface area contributed by atoms with Crippen LogP contribution in [-0.4, -0.2) is 178 Å². The molecule has 4 N–H and O–H groups in total. The number of likely N-dealkylation sites (N-methyl/N-ethyl adjacent to an activating group) is 2. The molecule has 6 atom stereocenters. The Labute approximate surface area is 499 Å². The Bertz CT molecular complexity index is 2530. The van der Waals surface area contributed by atoms with Crippen molar-refractivity contribution < 1.29 is 47.8 Å². The van der Waals surface area contributed by atoms with E-state index < -0.39 is 70.2 Å². The Morgan fingerprint density at radius 3 is 1.13 bits per heavy atom. The van der Waals surface area contributed by atoms with Gasteiger partial charge >= 0.3 is 24.2 Å². The third kappa shape index (κ3) is 19.9. The molecular weight excluding hydrogens is 1070 g/mol. The summed E-state index contributed by atoms with van der Waals surface area (Å²) in [6.07, 6.45) is 2.48. The normalized spacial score (nSPS) is 17.0. The lowest BCUT2D eigenvalue weighted by Crippen LogP contribution is -2.59. The molecule has 20 nitrogen and oxygen atoms in total. The van der Waals surface area contributed by atoms with E-state index in [1.165, 1.54) is 23.9 Å². The molecule has 0 radical (unpaired) electrons. The number of urea groups is 2. The predicted molar refractivity (Wildman–Crippen MR) is 327 cm³/mol. The maximum absolute atomic E-state index is 14.6. The first-order chi connectivity index (χ1) is 39.1. The Kier molecular flexibility index (Phi) is 23.2. The van der Waals surface area contributed by atoms with E-state index >= 15 is 0 Å². The molecule has 0 unspecified atom stereocenters. The fourth-order valence-electron chi connectivity index (χ4n) is 10.0. The Morgan fingerprint density at radius 2 is 0.833 bits per heavy atom. The van der Waals surface area contributed by atoms with E-state index in [4.69, 9.17) is 9.47 Å². The molecule has 0 spiro atoms. The summed E-state index contributed by atoms with van der Waals surface area (Å²) in [6.45, 7) is 26.9. The number of carbonyl (C=O) groups is 8. The molecule has 0 aliphatic carbocycles. The smallest absolute Gasteiger partial charge is 0.410 e. The van der Waals surface area contributed by atoms with E-state index in [0.717, 1.165) is 11.1 Å². The third-order valence-corrected chi connectivity index (χ3v) is 15.3. The molecule has 0 aromatic heterocycles. The zero-order chi connectivity index (χ0) is 62.5. The second-order valence-electron chi connectivity index (χ2n) is 26.6. The number of anilines is 2. The number of hydrogen-bond acceptors (Lipinski definition) is 10. The van der Waals surface area contributed by atoms with Crippen LogP contribution in [0.1, 0.15) is 134 Å². The van der Waals surface area contributed by atoms with E-state index in [1.807, 2.05) is 102 Å². The van der Waals surface area contributed by atoms with Crippen LogP contribution in [0.15, 0.2) is 84.9 Å². The van der Waals surface area contributed by atoms with Gasteiger partial charge in [-0.3, -0.25) is 29.0 Å². The van der Waals surface area contributed by atoms with E-state index in [1.54, 1.807) is 99.3 Å². The number of nitrogens with one attached hydrogen (secondary N) is 4. The Balaban J connectivity index is 1.30. The molecular formula is C64H96N10O10.